The maximum atomic E-state index is 2.30. The molecule has 0 saturated heterocycles. The molecule has 0 heterocycles. The number of aryl methyl sites for hydroxylation is 2. The zero-order chi connectivity index (χ0) is 10.8. The Morgan fingerprint density at radius 2 is 1.44 bits per heavy atom. The highest BCUT2D eigenvalue weighted by molar-refractivity contribution is 5.70. The zero-order valence-corrected chi connectivity index (χ0v) is 9.19. The molecule has 0 aliphatic heterocycles. The van der Waals surface area contributed by atoms with E-state index in [1.54, 1.807) is 0 Å². The number of rotatable bonds is 2. The Morgan fingerprint density at radius 1 is 0.688 bits per heavy atom. The van der Waals surface area contributed by atoms with Crippen molar-refractivity contribution in [2.24, 2.45) is 0 Å². The van der Waals surface area contributed by atoms with Gasteiger partial charge in [-0.15, -0.1) is 0 Å². The molecule has 0 heteroatoms. The van der Waals surface area contributed by atoms with Crippen LogP contribution >= 0.6 is 0 Å². The molecule has 0 bridgehead atoms. The lowest BCUT2D eigenvalue weighted by atomic mass is 9.87. The number of hydrogen-bond acceptors (Lipinski definition) is 0. The van der Waals surface area contributed by atoms with Crippen LogP contribution in [0.4, 0.5) is 0 Å². The van der Waals surface area contributed by atoms with E-state index in [0.29, 0.717) is 0 Å². The number of benzene rings is 2. The van der Waals surface area contributed by atoms with Gasteiger partial charge in [0.25, 0.3) is 0 Å². The van der Waals surface area contributed by atoms with Crippen LogP contribution in [0, 0.1) is 0 Å². The summed E-state index contributed by atoms with van der Waals surface area (Å²) in [6.45, 7) is 0. The molecule has 0 unspecified atom stereocenters. The van der Waals surface area contributed by atoms with Crippen LogP contribution in [0.25, 0.3) is 12.2 Å². The van der Waals surface area contributed by atoms with Crippen molar-refractivity contribution in [1.29, 1.82) is 0 Å². The van der Waals surface area contributed by atoms with Crippen molar-refractivity contribution in [3.8, 4) is 0 Å². The van der Waals surface area contributed by atoms with Crippen LogP contribution in [-0.4, -0.2) is 0 Å². The Morgan fingerprint density at radius 3 is 2.12 bits per heavy atom. The highest BCUT2D eigenvalue weighted by Gasteiger charge is 2.11. The highest BCUT2D eigenvalue weighted by atomic mass is 14.2. The van der Waals surface area contributed by atoms with Crippen molar-refractivity contribution >= 4 is 12.2 Å². The van der Waals surface area contributed by atoms with E-state index in [2.05, 4.69) is 54.6 Å². The van der Waals surface area contributed by atoms with Gasteiger partial charge in [0.15, 0.2) is 0 Å². The van der Waals surface area contributed by atoms with E-state index < -0.39 is 0 Å². The van der Waals surface area contributed by atoms with Crippen LogP contribution < -0.4 is 0 Å². The molecule has 0 atom stereocenters. The minimum Gasteiger partial charge on any atom is -0.0622 e. The predicted octanol–water partition coefficient (Wildman–Crippen LogP) is 3.96. The summed E-state index contributed by atoms with van der Waals surface area (Å²) in [5, 5.41) is 0. The lowest BCUT2D eigenvalue weighted by Gasteiger charge is -2.18. The minimum atomic E-state index is 1.25. The molecule has 78 valence electrons. The molecule has 0 aromatic heterocycles. The summed E-state index contributed by atoms with van der Waals surface area (Å²) in [6, 6.07) is 17.2. The van der Waals surface area contributed by atoms with Crippen molar-refractivity contribution in [3.63, 3.8) is 0 Å². The van der Waals surface area contributed by atoms with Crippen molar-refractivity contribution in [2.75, 3.05) is 0 Å². The second kappa shape index (κ2) is 3.97. The summed E-state index contributed by atoms with van der Waals surface area (Å²) >= 11 is 0. The minimum absolute atomic E-state index is 1.25. The fourth-order valence-electron chi connectivity index (χ4n) is 2.08. The van der Waals surface area contributed by atoms with Gasteiger partial charge in [0, 0.05) is 0 Å². The monoisotopic (exact) mass is 206 g/mol. The molecule has 0 radical (unpaired) electrons. The molecule has 0 nitrogen and oxygen atoms in total. The Balaban J connectivity index is 1.84. The predicted molar refractivity (Wildman–Crippen MR) is 69.2 cm³/mol. The van der Waals surface area contributed by atoms with Crippen molar-refractivity contribution in [3.05, 3.63) is 70.8 Å². The van der Waals surface area contributed by atoms with Crippen molar-refractivity contribution in [2.45, 2.75) is 12.8 Å². The normalized spacial score (nSPS) is 13.5. The van der Waals surface area contributed by atoms with Crippen LogP contribution in [-0.2, 0) is 12.8 Å². The summed E-state index contributed by atoms with van der Waals surface area (Å²) in [5.41, 5.74) is 5.61. The Labute approximate surface area is 96.3 Å². The molecule has 16 heavy (non-hydrogen) atoms. The van der Waals surface area contributed by atoms with E-state index in [4.69, 9.17) is 0 Å². The topological polar surface area (TPSA) is 0 Å². The van der Waals surface area contributed by atoms with Crippen molar-refractivity contribution < 1.29 is 0 Å². The highest BCUT2D eigenvalue weighted by Crippen LogP contribution is 2.24. The summed E-state index contributed by atoms with van der Waals surface area (Å²) in [5.74, 6) is 0. The largest absolute Gasteiger partial charge is 0.0622 e. The summed E-state index contributed by atoms with van der Waals surface area (Å²) in [6.07, 6.45) is 6.87. The van der Waals surface area contributed by atoms with Gasteiger partial charge in [0.05, 0.1) is 0 Å². The lowest BCUT2D eigenvalue weighted by Crippen LogP contribution is -2.07. The van der Waals surface area contributed by atoms with Gasteiger partial charge in [-0.1, -0.05) is 60.7 Å². The smallest absolute Gasteiger partial charge is 0.0235 e. The summed E-state index contributed by atoms with van der Waals surface area (Å²) in [7, 11) is 0. The first-order valence-corrected chi connectivity index (χ1v) is 5.77. The maximum Gasteiger partial charge on any atom is -0.0235 e. The van der Waals surface area contributed by atoms with Crippen LogP contribution in [0.2, 0.25) is 0 Å². The Bertz CT molecular complexity index is 521. The molecule has 3 rings (SSSR count). The molecule has 0 spiro atoms. The summed E-state index contributed by atoms with van der Waals surface area (Å²) in [4.78, 5) is 0. The molecular formula is C16H14. The SMILES string of the molecule is C(=Cc1ccc2c(c1)CC2)c1ccccc1. The van der Waals surface area contributed by atoms with E-state index in [9.17, 15) is 0 Å². The average Bonchev–Trinajstić information content (AvgIpc) is 2.31. The third-order valence-electron chi connectivity index (χ3n) is 3.16. The fourth-order valence-corrected chi connectivity index (χ4v) is 2.08. The Kier molecular flexibility index (Phi) is 2.34. The molecular weight excluding hydrogens is 192 g/mol. The van der Waals surface area contributed by atoms with Gasteiger partial charge in [0.1, 0.15) is 0 Å². The van der Waals surface area contributed by atoms with Gasteiger partial charge in [-0.3, -0.25) is 0 Å². The van der Waals surface area contributed by atoms with E-state index in [-0.39, 0.29) is 0 Å². The van der Waals surface area contributed by atoms with E-state index in [1.165, 1.54) is 35.1 Å². The zero-order valence-electron chi connectivity index (χ0n) is 9.19. The molecule has 2 aromatic rings. The van der Waals surface area contributed by atoms with Gasteiger partial charge in [-0.25, -0.2) is 0 Å². The van der Waals surface area contributed by atoms with Crippen LogP contribution in [0.1, 0.15) is 22.3 Å². The third kappa shape index (κ3) is 1.79. The van der Waals surface area contributed by atoms with Gasteiger partial charge in [-0.05, 0) is 35.1 Å². The molecule has 1 aliphatic carbocycles. The Hall–Kier alpha value is -1.82. The van der Waals surface area contributed by atoms with E-state index in [1.807, 2.05) is 6.07 Å². The lowest BCUT2D eigenvalue weighted by molar-refractivity contribution is 0.839. The number of fused-ring (bicyclic) bond motifs is 1. The average molecular weight is 206 g/mol. The first-order chi connectivity index (χ1) is 7.92. The maximum absolute atomic E-state index is 2.30. The third-order valence-corrected chi connectivity index (χ3v) is 3.16. The molecule has 0 fully saturated rings. The molecule has 1 aliphatic rings. The molecule has 0 amide bonds. The van der Waals surface area contributed by atoms with Gasteiger partial charge in [-0.2, -0.15) is 0 Å². The first kappa shape index (κ1) is 9.41. The van der Waals surface area contributed by atoms with Gasteiger partial charge < -0.3 is 0 Å². The van der Waals surface area contributed by atoms with Crippen molar-refractivity contribution in [1.82, 2.24) is 0 Å². The molecule has 2 aromatic carbocycles. The standard InChI is InChI=1S/C16H14/c1-2-4-13(5-3-1)6-7-14-8-9-15-10-11-16(15)12-14/h1-9,12H,10-11H2. The van der Waals surface area contributed by atoms with Gasteiger partial charge >= 0.3 is 0 Å². The second-order valence-electron chi connectivity index (χ2n) is 4.27. The van der Waals surface area contributed by atoms with Gasteiger partial charge in [0.2, 0.25) is 0 Å². The van der Waals surface area contributed by atoms with Crippen LogP contribution in [0.5, 0.6) is 0 Å². The number of hydrogen-bond donors (Lipinski definition) is 0. The molecule has 0 N–H and O–H groups in total. The second-order valence-corrected chi connectivity index (χ2v) is 4.27. The fraction of sp³-hybridized carbons (Fsp3) is 0.125. The molecule has 0 saturated carbocycles. The summed E-state index contributed by atoms with van der Waals surface area (Å²) < 4.78 is 0. The quantitative estimate of drug-likeness (QED) is 0.652. The van der Waals surface area contributed by atoms with Crippen LogP contribution in [0.15, 0.2) is 48.5 Å². The van der Waals surface area contributed by atoms with Crippen LogP contribution in [0.3, 0.4) is 0 Å². The van der Waals surface area contributed by atoms with E-state index >= 15 is 0 Å². The first-order valence-electron chi connectivity index (χ1n) is 5.77. The van der Waals surface area contributed by atoms with E-state index in [0.717, 1.165) is 0 Å².